The van der Waals surface area contributed by atoms with Gasteiger partial charge in [-0.15, -0.1) is 11.3 Å². The Kier molecular flexibility index (Phi) is 4.07. The Bertz CT molecular complexity index is 365. The molecule has 0 amide bonds. The highest BCUT2D eigenvalue weighted by atomic mass is 79.9. The Labute approximate surface area is 109 Å². The fourth-order valence-electron chi connectivity index (χ4n) is 0.929. The fourth-order valence-corrected chi connectivity index (χ4v) is 3.18. The average molecular weight is 388 g/mol. The van der Waals surface area contributed by atoms with Gasteiger partial charge in [-0.05, 0) is 28.9 Å². The summed E-state index contributed by atoms with van der Waals surface area (Å²) in [5.41, 5.74) is 0. The Morgan fingerprint density at radius 2 is 1.75 bits per heavy atom. The quantitative estimate of drug-likeness (QED) is 0.467. The van der Waals surface area contributed by atoms with E-state index in [1.807, 2.05) is 0 Å². The molecule has 0 N–H and O–H groups in total. The van der Waals surface area contributed by atoms with Gasteiger partial charge in [-0.25, -0.2) is 0 Å². The third-order valence-electron chi connectivity index (χ3n) is 1.82. The Balaban J connectivity index is 3.07. The zero-order valence-electron chi connectivity index (χ0n) is 7.71. The number of aryl methyl sites for hydroxylation is 1. The topological polar surface area (TPSA) is 0 Å². The highest BCUT2D eigenvalue weighted by Gasteiger charge is 2.62. The van der Waals surface area contributed by atoms with Crippen LogP contribution in [0.1, 0.15) is 14.6 Å². The predicted octanol–water partition coefficient (Wildman–Crippen LogP) is 5.45. The van der Waals surface area contributed by atoms with Gasteiger partial charge in [0.25, 0.3) is 0 Å². The van der Waals surface area contributed by atoms with E-state index in [1.54, 1.807) is 6.92 Å². The Hall–Kier alpha value is 0.310. The first-order chi connectivity index (χ1) is 7.07. The standard InChI is InChI=1S/C8H5Br2F5S/c1-3-4(9)2-5(16-3)6(10)7(11,12)8(13,14)15/h2,6H,1H3. The van der Waals surface area contributed by atoms with Crippen molar-refractivity contribution >= 4 is 43.2 Å². The monoisotopic (exact) mass is 386 g/mol. The van der Waals surface area contributed by atoms with Gasteiger partial charge in [0.15, 0.2) is 0 Å². The van der Waals surface area contributed by atoms with Gasteiger partial charge in [-0.2, -0.15) is 22.0 Å². The van der Waals surface area contributed by atoms with Gasteiger partial charge in [0.2, 0.25) is 0 Å². The van der Waals surface area contributed by atoms with Crippen molar-refractivity contribution in [3.05, 3.63) is 20.3 Å². The number of rotatable bonds is 2. The van der Waals surface area contributed by atoms with E-state index < -0.39 is 16.9 Å². The summed E-state index contributed by atoms with van der Waals surface area (Å²) < 4.78 is 62.7. The van der Waals surface area contributed by atoms with E-state index in [2.05, 4.69) is 31.9 Å². The summed E-state index contributed by atoms with van der Waals surface area (Å²) in [5.74, 6) is -4.79. The van der Waals surface area contributed by atoms with Gasteiger partial charge in [-0.3, -0.25) is 0 Å². The first kappa shape index (κ1) is 14.4. The molecular weight excluding hydrogens is 383 g/mol. The fraction of sp³-hybridized carbons (Fsp3) is 0.500. The van der Waals surface area contributed by atoms with E-state index in [4.69, 9.17) is 0 Å². The van der Waals surface area contributed by atoms with Crippen LogP contribution < -0.4 is 0 Å². The second-order valence-electron chi connectivity index (χ2n) is 3.04. The van der Waals surface area contributed by atoms with Crippen molar-refractivity contribution in [3.63, 3.8) is 0 Å². The molecule has 0 saturated heterocycles. The van der Waals surface area contributed by atoms with Gasteiger partial charge in [-0.1, -0.05) is 15.9 Å². The zero-order chi connectivity index (χ0) is 12.7. The van der Waals surface area contributed by atoms with E-state index in [9.17, 15) is 22.0 Å². The van der Waals surface area contributed by atoms with Gasteiger partial charge < -0.3 is 0 Å². The molecule has 0 aliphatic heterocycles. The molecule has 1 heterocycles. The molecule has 1 atom stereocenters. The minimum atomic E-state index is -5.56. The van der Waals surface area contributed by atoms with Crippen LogP contribution in [-0.2, 0) is 0 Å². The largest absolute Gasteiger partial charge is 0.454 e. The highest BCUT2D eigenvalue weighted by Crippen LogP contribution is 2.50. The lowest BCUT2D eigenvalue weighted by Crippen LogP contribution is -2.39. The first-order valence-corrected chi connectivity index (χ1v) is 6.44. The van der Waals surface area contributed by atoms with E-state index in [1.165, 1.54) is 6.07 Å². The van der Waals surface area contributed by atoms with Crippen LogP contribution in [0.3, 0.4) is 0 Å². The summed E-state index contributed by atoms with van der Waals surface area (Å²) in [6.45, 7) is 1.63. The van der Waals surface area contributed by atoms with Gasteiger partial charge in [0, 0.05) is 14.2 Å². The van der Waals surface area contributed by atoms with Crippen LogP contribution in [0.15, 0.2) is 10.5 Å². The lowest BCUT2D eigenvalue weighted by molar-refractivity contribution is -0.281. The summed E-state index contributed by atoms with van der Waals surface area (Å²) in [4.78, 5) is -1.47. The van der Waals surface area contributed by atoms with Crippen LogP contribution in [0.2, 0.25) is 0 Å². The second-order valence-corrected chi connectivity index (χ2v) is 6.09. The number of alkyl halides is 6. The molecule has 0 aromatic carbocycles. The lowest BCUT2D eigenvalue weighted by atomic mass is 10.2. The minimum absolute atomic E-state index is 0.0632. The van der Waals surface area contributed by atoms with Crippen LogP contribution in [0.5, 0.6) is 0 Å². The lowest BCUT2D eigenvalue weighted by Gasteiger charge is -2.23. The molecule has 0 nitrogen and oxygen atoms in total. The average Bonchev–Trinajstić information content (AvgIpc) is 2.43. The van der Waals surface area contributed by atoms with Crippen LogP contribution in [0.4, 0.5) is 22.0 Å². The summed E-state index contributed by atoms with van der Waals surface area (Å²) >= 11 is 6.37. The maximum absolute atomic E-state index is 13.0. The summed E-state index contributed by atoms with van der Waals surface area (Å²) in [7, 11) is 0. The van der Waals surface area contributed by atoms with Crippen LogP contribution in [0, 0.1) is 6.92 Å². The van der Waals surface area contributed by atoms with E-state index in [0.29, 0.717) is 9.35 Å². The van der Waals surface area contributed by atoms with Crippen molar-refractivity contribution < 1.29 is 22.0 Å². The molecule has 1 aromatic rings. The second kappa shape index (κ2) is 4.53. The predicted molar refractivity (Wildman–Crippen MR) is 59.4 cm³/mol. The number of thiophene rings is 1. The van der Waals surface area contributed by atoms with E-state index in [0.717, 1.165) is 11.3 Å². The minimum Gasteiger partial charge on any atom is -0.195 e. The van der Waals surface area contributed by atoms with Gasteiger partial charge >= 0.3 is 12.1 Å². The third-order valence-corrected chi connectivity index (χ3v) is 5.40. The SMILES string of the molecule is Cc1sc(C(Br)C(F)(F)C(F)(F)F)cc1Br. The summed E-state index contributed by atoms with van der Waals surface area (Å²) in [6.07, 6.45) is -5.56. The van der Waals surface area contributed by atoms with Crippen molar-refractivity contribution in [2.24, 2.45) is 0 Å². The summed E-state index contributed by atoms with van der Waals surface area (Å²) in [5, 5.41) is 0. The number of halogens is 7. The molecule has 92 valence electrons. The molecule has 1 rings (SSSR count). The van der Waals surface area contributed by atoms with Crippen LogP contribution in [0.25, 0.3) is 0 Å². The molecule has 1 aromatic heterocycles. The normalized spacial score (nSPS) is 15.2. The van der Waals surface area contributed by atoms with Crippen molar-refractivity contribution in [2.75, 3.05) is 0 Å². The molecule has 0 aliphatic carbocycles. The van der Waals surface area contributed by atoms with Gasteiger partial charge in [0.05, 0.1) is 0 Å². The maximum Gasteiger partial charge on any atom is 0.454 e. The molecule has 8 heteroatoms. The molecule has 1 unspecified atom stereocenters. The molecule has 0 radical (unpaired) electrons. The Morgan fingerprint density at radius 3 is 2.06 bits per heavy atom. The highest BCUT2D eigenvalue weighted by molar-refractivity contribution is 9.10. The molecular formula is C8H5Br2F5S. The first-order valence-electron chi connectivity index (χ1n) is 3.92. The summed E-state index contributed by atoms with van der Waals surface area (Å²) in [6, 6.07) is 1.26. The molecule has 0 bridgehead atoms. The Morgan fingerprint density at radius 1 is 1.25 bits per heavy atom. The molecule has 0 spiro atoms. The molecule has 0 aliphatic rings. The maximum atomic E-state index is 13.0. The van der Waals surface area contributed by atoms with Crippen molar-refractivity contribution in [1.29, 1.82) is 0 Å². The third kappa shape index (κ3) is 2.59. The van der Waals surface area contributed by atoms with E-state index in [-0.39, 0.29) is 4.88 Å². The van der Waals surface area contributed by atoms with Crippen molar-refractivity contribution in [1.82, 2.24) is 0 Å². The van der Waals surface area contributed by atoms with Crippen LogP contribution >= 0.6 is 43.2 Å². The molecule has 0 fully saturated rings. The van der Waals surface area contributed by atoms with Crippen molar-refractivity contribution in [3.8, 4) is 0 Å². The van der Waals surface area contributed by atoms with E-state index >= 15 is 0 Å². The molecule has 0 saturated carbocycles. The van der Waals surface area contributed by atoms with Crippen LogP contribution in [-0.4, -0.2) is 12.1 Å². The zero-order valence-corrected chi connectivity index (χ0v) is 11.7. The van der Waals surface area contributed by atoms with Gasteiger partial charge in [0.1, 0.15) is 4.83 Å². The molecule has 16 heavy (non-hydrogen) atoms. The van der Waals surface area contributed by atoms with Crippen molar-refractivity contribution in [2.45, 2.75) is 23.8 Å². The number of hydrogen-bond donors (Lipinski definition) is 0. The smallest absolute Gasteiger partial charge is 0.195 e. The number of hydrogen-bond acceptors (Lipinski definition) is 1.